The molecule has 0 saturated carbocycles. The van der Waals surface area contributed by atoms with Gasteiger partial charge in [0.25, 0.3) is 0 Å². The molecule has 3 rings (SSSR count). The number of nitrogens with zero attached hydrogens (tertiary/aromatic N) is 1. The lowest BCUT2D eigenvalue weighted by Crippen LogP contribution is -2.46. The Balaban J connectivity index is 1.61. The molecule has 0 bridgehead atoms. The number of amides is 1. The highest BCUT2D eigenvalue weighted by Crippen LogP contribution is 2.19. The number of hydrogen-bond donors (Lipinski definition) is 3. The topological polar surface area (TPSA) is 110 Å². The summed E-state index contributed by atoms with van der Waals surface area (Å²) in [5, 5.41) is 21.9. The third-order valence-electron chi connectivity index (χ3n) is 4.16. The van der Waals surface area contributed by atoms with Gasteiger partial charge in [-0.3, -0.25) is 0 Å². The van der Waals surface area contributed by atoms with Crippen molar-refractivity contribution in [3.8, 4) is 11.8 Å². The molecule has 162 valence electrons. The maximum absolute atomic E-state index is 12.6. The molecule has 8 nitrogen and oxygen atoms in total. The highest BCUT2D eigenvalue weighted by Gasteiger charge is 2.26. The van der Waals surface area contributed by atoms with Gasteiger partial charge in [-0.05, 0) is 11.1 Å². The summed E-state index contributed by atoms with van der Waals surface area (Å²) in [6, 6.07) is 20.1. The fraction of sp³-hybridized carbons (Fsp3) is 0.182. The second-order valence-corrected chi connectivity index (χ2v) is 7.54. The summed E-state index contributed by atoms with van der Waals surface area (Å²) in [6.45, 7) is 0.0464. The van der Waals surface area contributed by atoms with Gasteiger partial charge < -0.3 is 25.1 Å². The zero-order valence-electron chi connectivity index (χ0n) is 16.5. The van der Waals surface area contributed by atoms with Gasteiger partial charge in [0, 0.05) is 23.6 Å². The van der Waals surface area contributed by atoms with Gasteiger partial charge in [0.2, 0.25) is 11.8 Å². The third-order valence-corrected chi connectivity index (χ3v) is 5.27. The van der Waals surface area contributed by atoms with Crippen LogP contribution < -0.4 is 10.2 Å². The van der Waals surface area contributed by atoms with Crippen LogP contribution in [-0.4, -0.2) is 38.8 Å². The first kappa shape index (κ1) is 22.1. The van der Waals surface area contributed by atoms with Crippen LogP contribution in [0.25, 0.3) is 0 Å². The van der Waals surface area contributed by atoms with E-state index in [1.165, 1.54) is 23.9 Å². The summed E-state index contributed by atoms with van der Waals surface area (Å²) >= 11 is 1.41. The molecule has 3 N–H and O–H groups in total. The number of carbonyl (C=O) groups excluding carboxylic acids is 2. The van der Waals surface area contributed by atoms with Crippen LogP contribution in [-0.2, 0) is 21.9 Å². The van der Waals surface area contributed by atoms with Crippen LogP contribution in [0.1, 0.15) is 11.1 Å². The van der Waals surface area contributed by atoms with Gasteiger partial charge in [0.1, 0.15) is 12.6 Å². The number of nitrogens with one attached hydrogen (secondary N) is 1. The maximum Gasteiger partial charge on any atom is 0.408 e. The number of aromatic hydroxyl groups is 2. The molecule has 0 aliphatic rings. The predicted octanol–water partition coefficient (Wildman–Crippen LogP) is 3.08. The normalized spacial score (nSPS) is 11.5. The summed E-state index contributed by atoms with van der Waals surface area (Å²) < 4.78 is 5.76. The van der Waals surface area contributed by atoms with E-state index in [-0.39, 0.29) is 12.4 Å². The molecule has 1 amide bonds. The second kappa shape index (κ2) is 11.0. The Labute approximate surface area is 183 Å². The lowest BCUT2D eigenvalue weighted by Gasteiger charge is -2.17. The van der Waals surface area contributed by atoms with Gasteiger partial charge >= 0.3 is 12.1 Å². The molecule has 0 aliphatic carbocycles. The molecule has 0 radical (unpaired) electrons. The molecule has 0 unspecified atom stereocenters. The number of aromatic nitrogens is 1. The molecular weight excluding hydrogens is 420 g/mol. The van der Waals surface area contributed by atoms with Crippen molar-refractivity contribution in [3.63, 3.8) is 0 Å². The highest BCUT2D eigenvalue weighted by molar-refractivity contribution is 7.98. The van der Waals surface area contributed by atoms with Crippen molar-refractivity contribution in [1.82, 2.24) is 10.0 Å². The van der Waals surface area contributed by atoms with E-state index < -0.39 is 29.9 Å². The van der Waals surface area contributed by atoms with Gasteiger partial charge in [0.05, 0.1) is 0 Å². The fourth-order valence-electron chi connectivity index (χ4n) is 2.59. The average Bonchev–Trinajstić information content (AvgIpc) is 3.10. The second-order valence-electron chi connectivity index (χ2n) is 6.51. The lowest BCUT2D eigenvalue weighted by atomic mass is 10.2. The third kappa shape index (κ3) is 6.71. The molecule has 31 heavy (non-hydrogen) atoms. The smallest absolute Gasteiger partial charge is 0.408 e. The molecule has 9 heteroatoms. The Morgan fingerprint density at radius 3 is 2.10 bits per heavy atom. The minimum absolute atomic E-state index is 0.0464. The monoisotopic (exact) mass is 442 g/mol. The van der Waals surface area contributed by atoms with Gasteiger partial charge in [-0.1, -0.05) is 60.7 Å². The molecule has 1 atom stereocenters. The molecule has 2 aromatic carbocycles. The molecule has 1 aromatic heterocycles. The largest absolute Gasteiger partial charge is 0.492 e. The first-order valence-corrected chi connectivity index (χ1v) is 10.6. The van der Waals surface area contributed by atoms with Crippen molar-refractivity contribution in [2.24, 2.45) is 0 Å². The van der Waals surface area contributed by atoms with E-state index in [4.69, 9.17) is 9.57 Å². The van der Waals surface area contributed by atoms with E-state index in [0.29, 0.717) is 10.5 Å². The first-order chi connectivity index (χ1) is 15.0. The van der Waals surface area contributed by atoms with E-state index in [9.17, 15) is 19.8 Å². The summed E-state index contributed by atoms with van der Waals surface area (Å²) in [4.78, 5) is 29.9. The van der Waals surface area contributed by atoms with Gasteiger partial charge in [-0.25, -0.2) is 9.59 Å². The number of benzene rings is 2. The number of hydrogen-bond acceptors (Lipinski definition) is 7. The summed E-state index contributed by atoms with van der Waals surface area (Å²) in [6.07, 6.45) is -0.785. The fourth-order valence-corrected chi connectivity index (χ4v) is 3.59. The van der Waals surface area contributed by atoms with Crippen molar-refractivity contribution >= 4 is 23.8 Å². The quantitative estimate of drug-likeness (QED) is 0.467. The Hall–Kier alpha value is -3.59. The lowest BCUT2D eigenvalue weighted by molar-refractivity contribution is -0.147. The number of thioether (sulfide) groups is 1. The van der Waals surface area contributed by atoms with E-state index in [1.54, 1.807) is 0 Å². The van der Waals surface area contributed by atoms with Crippen LogP contribution in [0.4, 0.5) is 4.79 Å². The van der Waals surface area contributed by atoms with Crippen molar-refractivity contribution in [2.45, 2.75) is 18.4 Å². The van der Waals surface area contributed by atoms with Crippen LogP contribution in [0.2, 0.25) is 0 Å². The van der Waals surface area contributed by atoms with Crippen molar-refractivity contribution in [2.75, 3.05) is 5.75 Å². The minimum atomic E-state index is -1.07. The van der Waals surface area contributed by atoms with E-state index in [0.717, 1.165) is 11.1 Å². The standard InChI is InChI=1S/C22H22N2O6S/c25-19-11-12-20(26)24(19)30-21(27)18(15-31-14-17-9-5-2-6-10-17)23-22(28)29-13-16-7-3-1-4-8-16/h1-12,18,25-26H,13-15H2,(H,23,28)/t18-/m0/s1. The van der Waals surface area contributed by atoms with Crippen LogP contribution in [0.15, 0.2) is 72.8 Å². The Morgan fingerprint density at radius 1 is 0.903 bits per heavy atom. The molecule has 1 heterocycles. The minimum Gasteiger partial charge on any atom is -0.492 e. The Bertz CT molecular complexity index is 974. The van der Waals surface area contributed by atoms with Crippen molar-refractivity contribution < 1.29 is 29.4 Å². The Morgan fingerprint density at radius 2 is 1.48 bits per heavy atom. The summed E-state index contributed by atoms with van der Waals surface area (Å²) in [7, 11) is 0. The zero-order chi connectivity index (χ0) is 22.1. The number of carbonyl (C=O) groups is 2. The molecule has 0 aliphatic heterocycles. The molecule has 3 aromatic rings. The highest BCUT2D eigenvalue weighted by atomic mass is 32.2. The summed E-state index contributed by atoms with van der Waals surface area (Å²) in [5.41, 5.74) is 1.87. The van der Waals surface area contributed by atoms with Crippen LogP contribution >= 0.6 is 11.8 Å². The van der Waals surface area contributed by atoms with Crippen molar-refractivity contribution in [3.05, 3.63) is 83.9 Å². The van der Waals surface area contributed by atoms with Gasteiger partial charge in [-0.2, -0.15) is 11.8 Å². The predicted molar refractivity (Wildman–Crippen MR) is 116 cm³/mol. The van der Waals surface area contributed by atoms with Crippen LogP contribution in [0.3, 0.4) is 0 Å². The number of alkyl carbamates (subject to hydrolysis) is 1. The van der Waals surface area contributed by atoms with Gasteiger partial charge in [0.15, 0.2) is 0 Å². The van der Waals surface area contributed by atoms with E-state index >= 15 is 0 Å². The Kier molecular flexibility index (Phi) is 7.83. The first-order valence-electron chi connectivity index (χ1n) is 9.43. The van der Waals surface area contributed by atoms with Crippen LogP contribution in [0, 0.1) is 0 Å². The molecule has 0 saturated heterocycles. The zero-order valence-corrected chi connectivity index (χ0v) is 17.3. The van der Waals surface area contributed by atoms with E-state index in [2.05, 4.69) is 5.32 Å². The van der Waals surface area contributed by atoms with E-state index in [1.807, 2.05) is 60.7 Å². The molecule has 0 fully saturated rings. The summed E-state index contributed by atoms with van der Waals surface area (Å²) in [5.74, 6) is -0.956. The maximum atomic E-state index is 12.6. The van der Waals surface area contributed by atoms with Gasteiger partial charge in [-0.15, -0.1) is 4.73 Å². The number of ether oxygens (including phenoxy) is 1. The SMILES string of the molecule is O=C(N[C@@H](CSCc1ccccc1)C(=O)On1c(O)ccc1O)OCc1ccccc1. The number of rotatable bonds is 9. The van der Waals surface area contributed by atoms with Crippen molar-refractivity contribution in [1.29, 1.82) is 0 Å². The molecular formula is C22H22N2O6S. The average molecular weight is 442 g/mol. The molecule has 0 spiro atoms. The van der Waals surface area contributed by atoms with Crippen LogP contribution in [0.5, 0.6) is 11.8 Å².